The number of ether oxygens (including phenoxy) is 1. The van der Waals surface area contributed by atoms with Crippen LogP contribution in [0.15, 0.2) is 29.3 Å². The van der Waals surface area contributed by atoms with Gasteiger partial charge < -0.3 is 20.3 Å². The van der Waals surface area contributed by atoms with Gasteiger partial charge in [-0.1, -0.05) is 12.1 Å². The van der Waals surface area contributed by atoms with Crippen LogP contribution in [0, 0.1) is 10.1 Å². The van der Waals surface area contributed by atoms with Crippen LogP contribution in [0.2, 0.25) is 0 Å². The predicted octanol–water partition coefficient (Wildman–Crippen LogP) is 2.31. The maximum atomic E-state index is 11.5. The quantitative estimate of drug-likeness (QED) is 0.243. The van der Waals surface area contributed by atoms with E-state index < -0.39 is 0 Å². The molecule has 0 unspecified atom stereocenters. The number of carbonyl (C=O) groups excluding carboxylic acids is 1. The van der Waals surface area contributed by atoms with Gasteiger partial charge in [0.25, 0.3) is 5.69 Å². The standard InChI is InChI=1S/C19H29N5O4/c1-20-18(22-16-10-13-23(14-11-16)19(25)28-2)21-12-4-3-5-15-6-8-17(9-7-15)24(26)27/h6-9,16H,3-5,10-14H2,1-2H3,(H2,20,21,22). The molecule has 0 atom stereocenters. The average Bonchev–Trinajstić information content (AvgIpc) is 2.72. The first-order valence-electron chi connectivity index (χ1n) is 9.57. The van der Waals surface area contributed by atoms with E-state index in [9.17, 15) is 14.9 Å². The number of hydrogen-bond donors (Lipinski definition) is 2. The number of nitrogens with zero attached hydrogens (tertiary/aromatic N) is 3. The minimum Gasteiger partial charge on any atom is -0.453 e. The smallest absolute Gasteiger partial charge is 0.409 e. The third-order valence-electron chi connectivity index (χ3n) is 4.82. The third-order valence-corrected chi connectivity index (χ3v) is 4.82. The van der Waals surface area contributed by atoms with Crippen molar-refractivity contribution in [3.8, 4) is 0 Å². The molecule has 28 heavy (non-hydrogen) atoms. The Kier molecular flexibility index (Phi) is 8.51. The Labute approximate surface area is 165 Å². The topological polar surface area (TPSA) is 109 Å². The average molecular weight is 391 g/mol. The molecule has 1 saturated heterocycles. The Morgan fingerprint density at radius 3 is 2.54 bits per heavy atom. The highest BCUT2D eigenvalue weighted by molar-refractivity contribution is 5.80. The highest BCUT2D eigenvalue weighted by atomic mass is 16.6. The molecule has 2 rings (SSSR count). The fourth-order valence-corrected chi connectivity index (χ4v) is 3.17. The number of guanidine groups is 1. The van der Waals surface area contributed by atoms with Gasteiger partial charge in [-0.05, 0) is 37.7 Å². The van der Waals surface area contributed by atoms with Crippen LogP contribution in [-0.2, 0) is 11.2 Å². The zero-order valence-electron chi connectivity index (χ0n) is 16.5. The molecular formula is C19H29N5O4. The summed E-state index contributed by atoms with van der Waals surface area (Å²) in [6.07, 6.45) is 4.29. The Hall–Kier alpha value is -2.84. The van der Waals surface area contributed by atoms with E-state index in [1.165, 1.54) is 7.11 Å². The van der Waals surface area contributed by atoms with Gasteiger partial charge in [-0.25, -0.2) is 4.79 Å². The van der Waals surface area contributed by atoms with Crippen LogP contribution in [0.1, 0.15) is 31.2 Å². The number of nitro groups is 1. The number of carbonyl (C=O) groups is 1. The SMILES string of the molecule is CN=C(NCCCCc1ccc([N+](=O)[O-])cc1)NC1CCN(C(=O)OC)CC1. The zero-order valence-corrected chi connectivity index (χ0v) is 16.5. The lowest BCUT2D eigenvalue weighted by molar-refractivity contribution is -0.384. The lowest BCUT2D eigenvalue weighted by atomic mass is 10.1. The summed E-state index contributed by atoms with van der Waals surface area (Å²) in [5, 5.41) is 17.4. The summed E-state index contributed by atoms with van der Waals surface area (Å²) in [4.78, 5) is 27.8. The maximum absolute atomic E-state index is 11.5. The molecule has 1 aromatic carbocycles. The summed E-state index contributed by atoms with van der Waals surface area (Å²) in [7, 11) is 3.15. The lowest BCUT2D eigenvalue weighted by Gasteiger charge is -2.32. The van der Waals surface area contributed by atoms with Gasteiger partial charge >= 0.3 is 6.09 Å². The van der Waals surface area contributed by atoms with Crippen LogP contribution in [0.3, 0.4) is 0 Å². The van der Waals surface area contributed by atoms with Crippen molar-refractivity contribution in [3.05, 3.63) is 39.9 Å². The molecule has 0 radical (unpaired) electrons. The van der Waals surface area contributed by atoms with E-state index in [4.69, 9.17) is 4.74 Å². The fourth-order valence-electron chi connectivity index (χ4n) is 3.17. The zero-order chi connectivity index (χ0) is 20.4. The van der Waals surface area contributed by atoms with Crippen molar-refractivity contribution in [2.75, 3.05) is 33.8 Å². The molecule has 1 amide bonds. The number of rotatable bonds is 7. The number of benzene rings is 1. The molecule has 0 saturated carbocycles. The van der Waals surface area contributed by atoms with Gasteiger partial charge in [-0.15, -0.1) is 0 Å². The number of nitro benzene ring substituents is 1. The molecule has 0 aliphatic carbocycles. The highest BCUT2D eigenvalue weighted by Gasteiger charge is 2.23. The maximum Gasteiger partial charge on any atom is 0.409 e. The van der Waals surface area contributed by atoms with Crippen LogP contribution in [-0.4, -0.2) is 61.7 Å². The second-order valence-electron chi connectivity index (χ2n) is 6.76. The van der Waals surface area contributed by atoms with Crippen molar-refractivity contribution in [2.45, 2.75) is 38.1 Å². The predicted molar refractivity (Wildman–Crippen MR) is 108 cm³/mol. The van der Waals surface area contributed by atoms with E-state index in [0.29, 0.717) is 13.1 Å². The molecular weight excluding hydrogens is 362 g/mol. The summed E-state index contributed by atoms with van der Waals surface area (Å²) in [6.45, 7) is 2.15. The number of aliphatic imine (C=N–C) groups is 1. The van der Waals surface area contributed by atoms with E-state index in [0.717, 1.165) is 50.2 Å². The number of aryl methyl sites for hydroxylation is 1. The molecule has 1 aliphatic heterocycles. The number of piperidine rings is 1. The molecule has 0 bridgehead atoms. The molecule has 9 nitrogen and oxygen atoms in total. The van der Waals surface area contributed by atoms with E-state index in [-0.39, 0.29) is 22.7 Å². The van der Waals surface area contributed by atoms with E-state index in [2.05, 4.69) is 15.6 Å². The number of nitrogens with one attached hydrogen (secondary N) is 2. The van der Waals surface area contributed by atoms with Gasteiger partial charge in [-0.2, -0.15) is 0 Å². The molecule has 9 heteroatoms. The highest BCUT2D eigenvalue weighted by Crippen LogP contribution is 2.14. The summed E-state index contributed by atoms with van der Waals surface area (Å²) in [5.41, 5.74) is 1.23. The number of unbranched alkanes of at least 4 members (excludes halogenated alkanes) is 1. The van der Waals surface area contributed by atoms with Gasteiger partial charge in [-0.3, -0.25) is 15.1 Å². The number of amides is 1. The fraction of sp³-hybridized carbons (Fsp3) is 0.579. The summed E-state index contributed by atoms with van der Waals surface area (Å²) < 4.78 is 4.75. The first kappa shape index (κ1) is 21.5. The first-order chi connectivity index (χ1) is 13.5. The van der Waals surface area contributed by atoms with Crippen LogP contribution < -0.4 is 10.6 Å². The minimum atomic E-state index is -0.383. The normalized spacial score (nSPS) is 15.2. The van der Waals surface area contributed by atoms with Crippen molar-refractivity contribution in [1.29, 1.82) is 0 Å². The second-order valence-corrected chi connectivity index (χ2v) is 6.76. The molecule has 0 spiro atoms. The van der Waals surface area contributed by atoms with Gasteiger partial charge in [0, 0.05) is 44.9 Å². The van der Waals surface area contributed by atoms with Crippen LogP contribution >= 0.6 is 0 Å². The molecule has 1 aliphatic rings. The van der Waals surface area contributed by atoms with Crippen molar-refractivity contribution >= 4 is 17.7 Å². The number of methoxy groups -OCH3 is 1. The molecule has 2 N–H and O–H groups in total. The number of non-ortho nitro benzene ring substituents is 1. The Morgan fingerprint density at radius 2 is 1.96 bits per heavy atom. The van der Waals surface area contributed by atoms with E-state index in [1.807, 2.05) is 12.1 Å². The summed E-state index contributed by atoms with van der Waals surface area (Å²) in [5.74, 6) is 0.770. The van der Waals surface area contributed by atoms with Crippen LogP contribution in [0.4, 0.5) is 10.5 Å². The van der Waals surface area contributed by atoms with Crippen LogP contribution in [0.5, 0.6) is 0 Å². The minimum absolute atomic E-state index is 0.123. The van der Waals surface area contributed by atoms with Crippen LogP contribution in [0.25, 0.3) is 0 Å². The lowest BCUT2D eigenvalue weighted by Crippen LogP contribution is -2.49. The van der Waals surface area contributed by atoms with Crippen molar-refractivity contribution in [1.82, 2.24) is 15.5 Å². The van der Waals surface area contributed by atoms with E-state index in [1.54, 1.807) is 24.1 Å². The summed E-state index contributed by atoms with van der Waals surface area (Å²) in [6, 6.07) is 7.00. The Balaban J connectivity index is 1.62. The monoisotopic (exact) mass is 391 g/mol. The molecule has 1 aromatic rings. The summed E-state index contributed by atoms with van der Waals surface area (Å²) >= 11 is 0. The molecule has 1 heterocycles. The number of likely N-dealkylation sites (tertiary alicyclic amines) is 1. The Morgan fingerprint density at radius 1 is 1.29 bits per heavy atom. The Bertz CT molecular complexity index is 669. The molecule has 0 aromatic heterocycles. The van der Waals surface area contributed by atoms with Gasteiger partial charge in [0.15, 0.2) is 5.96 Å². The molecule has 154 valence electrons. The first-order valence-corrected chi connectivity index (χ1v) is 9.57. The largest absolute Gasteiger partial charge is 0.453 e. The van der Waals surface area contributed by atoms with Crippen molar-refractivity contribution < 1.29 is 14.5 Å². The van der Waals surface area contributed by atoms with Crippen molar-refractivity contribution in [3.63, 3.8) is 0 Å². The van der Waals surface area contributed by atoms with Gasteiger partial charge in [0.2, 0.25) is 0 Å². The number of hydrogen-bond acceptors (Lipinski definition) is 5. The van der Waals surface area contributed by atoms with Crippen molar-refractivity contribution in [2.24, 2.45) is 4.99 Å². The van der Waals surface area contributed by atoms with Gasteiger partial charge in [0.05, 0.1) is 12.0 Å². The van der Waals surface area contributed by atoms with Gasteiger partial charge in [0.1, 0.15) is 0 Å². The second kappa shape index (κ2) is 11.1. The molecule has 1 fully saturated rings. The van der Waals surface area contributed by atoms with E-state index >= 15 is 0 Å². The third kappa shape index (κ3) is 6.71.